The van der Waals surface area contributed by atoms with E-state index in [0.29, 0.717) is 29.3 Å². The summed E-state index contributed by atoms with van der Waals surface area (Å²) in [4.78, 5) is 29.0. The number of carboxylic acids is 1. The lowest BCUT2D eigenvalue weighted by Gasteiger charge is -2.29. The van der Waals surface area contributed by atoms with Crippen LogP contribution in [-0.2, 0) is 23.7 Å². The van der Waals surface area contributed by atoms with Gasteiger partial charge in [-0.15, -0.1) is 0 Å². The highest BCUT2D eigenvalue weighted by Crippen LogP contribution is 2.38. The first-order chi connectivity index (χ1) is 22.2. The lowest BCUT2D eigenvalue weighted by molar-refractivity contribution is -0.143. The molecule has 1 amide bonds. The number of nitrogens with one attached hydrogen (secondary N) is 2. The fraction of sp³-hybridized carbons (Fsp3) is 0.364. The third kappa shape index (κ3) is 9.95. The van der Waals surface area contributed by atoms with Crippen LogP contribution in [0.15, 0.2) is 71.7 Å². The van der Waals surface area contributed by atoms with Crippen molar-refractivity contribution < 1.29 is 41.0 Å². The number of nitrogens with zero attached hydrogens (tertiary/aromatic N) is 2. The van der Waals surface area contributed by atoms with Gasteiger partial charge in [0.05, 0.1) is 30.8 Å². The van der Waals surface area contributed by atoms with E-state index in [4.69, 9.17) is 10.8 Å². The van der Waals surface area contributed by atoms with E-state index in [-0.39, 0.29) is 43.8 Å². The molecule has 47 heavy (non-hydrogen) atoms. The summed E-state index contributed by atoms with van der Waals surface area (Å²) in [6.45, 7) is -0.350. The number of aliphatic imine (C=N–C) groups is 1. The molecule has 1 aliphatic rings. The van der Waals surface area contributed by atoms with Crippen molar-refractivity contribution in [2.75, 3.05) is 23.4 Å². The normalized spacial score (nSPS) is 14.5. The van der Waals surface area contributed by atoms with Gasteiger partial charge in [-0.1, -0.05) is 43.5 Å². The van der Waals surface area contributed by atoms with Crippen LogP contribution in [0.2, 0.25) is 0 Å². The Morgan fingerprint density at radius 2 is 1.47 bits per heavy atom. The van der Waals surface area contributed by atoms with E-state index >= 15 is 0 Å². The first kappa shape index (κ1) is 35.3. The Morgan fingerprint density at radius 3 is 2.00 bits per heavy atom. The number of rotatable bonds is 10. The van der Waals surface area contributed by atoms with E-state index in [2.05, 4.69) is 15.6 Å². The Balaban J connectivity index is 1.68. The molecule has 1 aliphatic carbocycles. The van der Waals surface area contributed by atoms with Gasteiger partial charge in [0.25, 0.3) is 5.91 Å². The van der Waals surface area contributed by atoms with Crippen LogP contribution in [0.1, 0.15) is 77.1 Å². The van der Waals surface area contributed by atoms with Gasteiger partial charge in [0.2, 0.25) is 5.96 Å². The molecule has 0 unspecified atom stereocenters. The topological polar surface area (TPSA) is 120 Å². The Kier molecular flexibility index (Phi) is 11.5. The number of hydrogen-bond donors (Lipinski definition) is 4. The highest BCUT2D eigenvalue weighted by Gasteiger charge is 2.37. The highest BCUT2D eigenvalue weighted by atomic mass is 19.4. The zero-order valence-electron chi connectivity index (χ0n) is 25.3. The molecular formula is C33H35F6N5O3. The van der Waals surface area contributed by atoms with Crippen LogP contribution in [0.5, 0.6) is 0 Å². The summed E-state index contributed by atoms with van der Waals surface area (Å²) in [5.74, 6) is -1.25. The summed E-state index contributed by atoms with van der Waals surface area (Å²) >= 11 is 0. The van der Waals surface area contributed by atoms with E-state index in [1.165, 1.54) is 18.6 Å². The second-order valence-corrected chi connectivity index (χ2v) is 11.2. The monoisotopic (exact) mass is 663 g/mol. The van der Waals surface area contributed by atoms with Crippen molar-refractivity contribution in [3.63, 3.8) is 0 Å². The third-order valence-corrected chi connectivity index (χ3v) is 7.80. The minimum absolute atomic E-state index is 0.0423. The smallest absolute Gasteiger partial charge is 0.416 e. The molecular weight excluding hydrogens is 628 g/mol. The van der Waals surface area contributed by atoms with E-state index in [1.54, 1.807) is 17.0 Å². The number of anilines is 2. The number of alkyl halides is 6. The summed E-state index contributed by atoms with van der Waals surface area (Å²) in [6.07, 6.45) is -4.79. The third-order valence-electron chi connectivity index (χ3n) is 7.80. The van der Waals surface area contributed by atoms with Crippen molar-refractivity contribution in [2.45, 2.75) is 63.3 Å². The molecule has 5 N–H and O–H groups in total. The quantitative estimate of drug-likeness (QED) is 0.102. The highest BCUT2D eigenvalue weighted by molar-refractivity contribution is 6.05. The fourth-order valence-electron chi connectivity index (χ4n) is 5.41. The minimum atomic E-state index is -5.04. The van der Waals surface area contributed by atoms with E-state index in [0.717, 1.165) is 31.2 Å². The lowest BCUT2D eigenvalue weighted by atomic mass is 9.84. The molecule has 0 radical (unpaired) electrons. The predicted octanol–water partition coefficient (Wildman–Crippen LogP) is 7.37. The largest absolute Gasteiger partial charge is 0.481 e. The van der Waals surface area contributed by atoms with Crippen LogP contribution < -0.4 is 21.3 Å². The van der Waals surface area contributed by atoms with Crippen molar-refractivity contribution in [1.82, 2.24) is 5.32 Å². The average Bonchev–Trinajstić information content (AvgIpc) is 3.03. The van der Waals surface area contributed by atoms with Gasteiger partial charge in [0.1, 0.15) is 0 Å². The molecule has 3 aromatic carbocycles. The van der Waals surface area contributed by atoms with Crippen molar-refractivity contribution >= 4 is 29.2 Å². The molecule has 0 heterocycles. The molecule has 1 saturated carbocycles. The van der Waals surface area contributed by atoms with E-state index < -0.39 is 41.0 Å². The minimum Gasteiger partial charge on any atom is -0.481 e. The van der Waals surface area contributed by atoms with E-state index in [9.17, 15) is 35.9 Å². The maximum atomic E-state index is 13.6. The van der Waals surface area contributed by atoms with Crippen molar-refractivity contribution in [3.05, 3.63) is 94.5 Å². The summed E-state index contributed by atoms with van der Waals surface area (Å²) in [5, 5.41) is 13.9. The summed E-state index contributed by atoms with van der Waals surface area (Å²) < 4.78 is 81.6. The number of aliphatic carboxylic acids is 1. The first-order valence-electron chi connectivity index (χ1n) is 15.0. The van der Waals surface area contributed by atoms with E-state index in [1.807, 2.05) is 24.3 Å². The summed E-state index contributed by atoms with van der Waals surface area (Å²) in [6, 6.07) is 15.0. The van der Waals surface area contributed by atoms with Gasteiger partial charge in [0, 0.05) is 23.5 Å². The summed E-state index contributed by atoms with van der Waals surface area (Å²) in [7, 11) is 0. The molecule has 0 spiro atoms. The Hall–Kier alpha value is -4.59. The van der Waals surface area contributed by atoms with Crippen molar-refractivity contribution in [3.8, 4) is 0 Å². The van der Waals surface area contributed by atoms with Crippen LogP contribution in [0, 0.1) is 0 Å². The second kappa shape index (κ2) is 15.3. The molecule has 1 fully saturated rings. The molecule has 8 nitrogen and oxygen atoms in total. The number of carboxylic acid groups (broad SMARTS) is 1. The number of amides is 1. The molecule has 0 saturated heterocycles. The Morgan fingerprint density at radius 1 is 0.872 bits per heavy atom. The van der Waals surface area contributed by atoms with Gasteiger partial charge in [0.15, 0.2) is 0 Å². The number of benzene rings is 3. The standard InChI is InChI=1S/C33H35F6N5O3/c34-32(35,36)25-16-26(33(37,38)39)18-27(17-25)43-31(42-20-40)44(28-12-10-23(11-13-28)22-4-2-1-3-5-22)19-21-6-8-24(9-7-21)30(47)41-15-14-29(45)46/h6-13,16-18,22H,1-5,14-15,19-20,40H2,(H,41,47)(H,42,43)(H,45,46). The molecule has 0 atom stereocenters. The lowest BCUT2D eigenvalue weighted by Crippen LogP contribution is -2.37. The number of carbonyl (C=O) groups excluding carboxylic acids is 1. The number of nitrogens with two attached hydrogens (primary N) is 1. The second-order valence-electron chi connectivity index (χ2n) is 11.2. The average molecular weight is 664 g/mol. The first-order valence-corrected chi connectivity index (χ1v) is 15.0. The van der Waals surface area contributed by atoms with Crippen LogP contribution >= 0.6 is 0 Å². The predicted molar refractivity (Wildman–Crippen MR) is 166 cm³/mol. The molecule has 4 rings (SSSR count). The molecule has 252 valence electrons. The molecule has 0 bridgehead atoms. The van der Waals surface area contributed by atoms with Crippen LogP contribution in [-0.4, -0.2) is 36.2 Å². The van der Waals surface area contributed by atoms with Crippen LogP contribution in [0.3, 0.4) is 0 Å². The molecule has 3 aromatic rings. The molecule has 0 aromatic heterocycles. The Labute approximate surface area is 267 Å². The Bertz CT molecular complexity index is 1520. The number of carbonyl (C=O) groups is 2. The van der Waals surface area contributed by atoms with Crippen LogP contribution in [0.25, 0.3) is 0 Å². The fourth-order valence-corrected chi connectivity index (χ4v) is 5.41. The zero-order chi connectivity index (χ0) is 34.2. The SMILES string of the molecule is NC/N=C(/Nc1cc(C(F)(F)F)cc(C(F)(F)F)c1)N(Cc1ccc(C(=O)NCCC(=O)O)cc1)c1ccc(C2CCCCC2)cc1. The van der Waals surface area contributed by atoms with Crippen LogP contribution in [0.4, 0.5) is 37.7 Å². The zero-order valence-corrected chi connectivity index (χ0v) is 25.3. The maximum Gasteiger partial charge on any atom is 0.416 e. The van der Waals surface area contributed by atoms with Gasteiger partial charge in [-0.3, -0.25) is 9.59 Å². The van der Waals surface area contributed by atoms with Gasteiger partial charge < -0.3 is 26.4 Å². The van der Waals surface area contributed by atoms with Crippen molar-refractivity contribution in [1.29, 1.82) is 0 Å². The van der Waals surface area contributed by atoms with Gasteiger partial charge in [-0.25, -0.2) is 4.99 Å². The molecule has 14 heteroatoms. The van der Waals surface area contributed by atoms with Gasteiger partial charge >= 0.3 is 18.3 Å². The maximum absolute atomic E-state index is 13.6. The number of hydrogen-bond acceptors (Lipinski definition) is 4. The molecule has 0 aliphatic heterocycles. The van der Waals surface area contributed by atoms with Gasteiger partial charge in [-0.05, 0) is 72.4 Å². The number of halogens is 6. The number of guanidine groups is 1. The van der Waals surface area contributed by atoms with Gasteiger partial charge in [-0.2, -0.15) is 26.3 Å². The van der Waals surface area contributed by atoms with Crippen molar-refractivity contribution in [2.24, 2.45) is 10.7 Å². The summed E-state index contributed by atoms with van der Waals surface area (Å²) in [5.41, 5.74) is 4.83.